The second kappa shape index (κ2) is 3.58. The molecule has 2 nitrogen and oxygen atoms in total. The number of ether oxygens (including phenoxy) is 1. The van der Waals surface area contributed by atoms with Crippen LogP contribution in [0.4, 0.5) is 0 Å². The van der Waals surface area contributed by atoms with E-state index in [2.05, 4.69) is 11.6 Å². The van der Waals surface area contributed by atoms with Crippen molar-refractivity contribution in [3.05, 3.63) is 37.3 Å². The van der Waals surface area contributed by atoms with Gasteiger partial charge in [-0.25, -0.2) is 0 Å². The number of allylic oxidation sites excluding steroid dienone is 1. The molecule has 0 atom stereocenters. The Labute approximate surface area is 76.4 Å². The van der Waals surface area contributed by atoms with Crippen LogP contribution in [0.15, 0.2) is 35.7 Å². The molecule has 1 rings (SSSR count). The maximum atomic E-state index is 5.22. The van der Waals surface area contributed by atoms with Gasteiger partial charge in [0.25, 0.3) is 0 Å². The third-order valence-corrected chi connectivity index (χ3v) is 2.12. The van der Waals surface area contributed by atoms with E-state index in [0.29, 0.717) is 5.76 Å². The molecule has 0 saturated heterocycles. The predicted octanol–water partition coefficient (Wildman–Crippen LogP) is 1.15. The molecule has 1 aliphatic heterocycles. The molecule has 0 aromatic carbocycles. The Morgan fingerprint density at radius 1 is 1.64 bits per heavy atom. The molecule has 0 aromatic rings. The summed E-state index contributed by atoms with van der Waals surface area (Å²) in [5.41, 5.74) is 0.773. The Morgan fingerprint density at radius 3 is 2.91 bits per heavy atom. The van der Waals surface area contributed by atoms with Gasteiger partial charge in [-0.2, -0.15) is 0 Å². The summed E-state index contributed by atoms with van der Waals surface area (Å²) >= 11 is 1.21. The number of hydrogen-bond acceptors (Lipinski definition) is 2. The van der Waals surface area contributed by atoms with Gasteiger partial charge in [0.05, 0.1) is 0 Å². The van der Waals surface area contributed by atoms with Crippen molar-refractivity contribution >= 4 is 9.80 Å². The minimum absolute atomic E-state index is 0.644. The van der Waals surface area contributed by atoms with Gasteiger partial charge in [-0.15, -0.1) is 0 Å². The Balaban J connectivity index is 2.93. The number of hydrogen-bond donors (Lipinski definition) is 0. The van der Waals surface area contributed by atoms with E-state index in [9.17, 15) is 0 Å². The van der Waals surface area contributed by atoms with E-state index in [1.54, 1.807) is 6.08 Å². The van der Waals surface area contributed by atoms with Crippen LogP contribution in [0.3, 0.4) is 0 Å². The molecule has 11 heavy (non-hydrogen) atoms. The summed E-state index contributed by atoms with van der Waals surface area (Å²) in [4.78, 5) is 3.90. The van der Waals surface area contributed by atoms with Crippen LogP contribution in [0.25, 0.3) is 0 Å². The summed E-state index contributed by atoms with van der Waals surface area (Å²) in [6.07, 6.45) is 4.84. The van der Waals surface area contributed by atoms with Crippen LogP contribution in [0.5, 0.6) is 0 Å². The van der Waals surface area contributed by atoms with Crippen LogP contribution in [0.1, 0.15) is 0 Å². The van der Waals surface area contributed by atoms with Crippen molar-refractivity contribution in [1.82, 2.24) is 0 Å². The van der Waals surface area contributed by atoms with Gasteiger partial charge < -0.3 is 0 Å². The summed E-state index contributed by atoms with van der Waals surface area (Å²) in [5, 5.41) is 0. The zero-order chi connectivity index (χ0) is 8.27. The average Bonchev–Trinajstić information content (AvgIpc) is 1.95. The molecule has 3 heteroatoms. The van der Waals surface area contributed by atoms with Crippen molar-refractivity contribution in [3.8, 4) is 0 Å². The van der Waals surface area contributed by atoms with E-state index in [0.717, 1.165) is 9.80 Å². The molecule has 0 N–H and O–H groups in total. The van der Waals surface area contributed by atoms with Crippen molar-refractivity contribution in [2.24, 2.45) is 4.99 Å². The molecule has 56 valence electrons. The SMILES string of the molecule is [CH-]=CN=C1C=CC(=C)O[C]1=[W]. The van der Waals surface area contributed by atoms with Gasteiger partial charge in [0, 0.05) is 0 Å². The van der Waals surface area contributed by atoms with E-state index >= 15 is 0 Å². The first-order valence-electron chi connectivity index (χ1n) is 2.94. The second-order valence-corrected chi connectivity index (χ2v) is 3.18. The molecule has 0 bridgehead atoms. The van der Waals surface area contributed by atoms with Gasteiger partial charge in [0.2, 0.25) is 0 Å². The fourth-order valence-corrected chi connectivity index (χ4v) is 1.44. The topological polar surface area (TPSA) is 21.6 Å². The molecule has 0 aromatic heterocycles. The monoisotopic (exact) mass is 316 g/mol. The Morgan fingerprint density at radius 2 is 2.36 bits per heavy atom. The molecule has 0 radical (unpaired) electrons. The van der Waals surface area contributed by atoms with Gasteiger partial charge in [0.15, 0.2) is 0 Å². The van der Waals surface area contributed by atoms with Gasteiger partial charge in [-0.05, 0) is 0 Å². The molecular weight excluding hydrogens is 310 g/mol. The van der Waals surface area contributed by atoms with Crippen molar-refractivity contribution in [2.75, 3.05) is 0 Å². The zero-order valence-corrected chi connectivity index (χ0v) is 8.71. The maximum absolute atomic E-state index is 5.22. The predicted molar refractivity (Wildman–Crippen MR) is 40.7 cm³/mol. The van der Waals surface area contributed by atoms with Gasteiger partial charge >= 0.3 is 76.1 Å². The molecule has 0 unspecified atom stereocenters. The molecule has 0 spiro atoms. The normalized spacial score (nSPS) is 20.2. The summed E-state index contributed by atoms with van der Waals surface area (Å²) in [7, 11) is 0. The standard InChI is InChI=1S/C8H6NO.W/c1-3-9-8-5-4-7(2)10-6-8;/h1,3-5H,2H2;/q-1;. The first kappa shape index (κ1) is 8.35. The number of nitrogens with zero attached hydrogens (tertiary/aromatic N) is 1. The van der Waals surface area contributed by atoms with Crippen molar-refractivity contribution in [1.29, 1.82) is 0 Å². The van der Waals surface area contributed by atoms with Crippen LogP contribution in [0.2, 0.25) is 0 Å². The van der Waals surface area contributed by atoms with Crippen molar-refractivity contribution in [2.45, 2.75) is 0 Å². The van der Waals surface area contributed by atoms with Crippen LogP contribution in [-0.4, -0.2) is 9.80 Å². The quantitative estimate of drug-likeness (QED) is 0.665. The number of aliphatic imine (C=N–C) groups is 1. The molecule has 0 saturated carbocycles. The molecule has 1 aliphatic rings. The number of rotatable bonds is 1. The average molecular weight is 316 g/mol. The van der Waals surface area contributed by atoms with Crippen LogP contribution in [-0.2, 0) is 24.1 Å². The summed E-state index contributed by atoms with van der Waals surface area (Å²) in [5.74, 6) is 0.644. The first-order valence-corrected chi connectivity index (χ1v) is 4.41. The van der Waals surface area contributed by atoms with Crippen molar-refractivity contribution < 1.29 is 24.1 Å². The van der Waals surface area contributed by atoms with Crippen LogP contribution in [0, 0.1) is 6.58 Å². The Hall–Kier alpha value is -0.752. The Kier molecular flexibility index (Phi) is 2.72. The molecule has 0 fully saturated rings. The van der Waals surface area contributed by atoms with E-state index in [4.69, 9.17) is 11.3 Å². The van der Waals surface area contributed by atoms with E-state index in [1.165, 1.54) is 25.6 Å². The van der Waals surface area contributed by atoms with Gasteiger partial charge in [0.1, 0.15) is 0 Å². The molecule has 0 amide bonds. The van der Waals surface area contributed by atoms with Gasteiger partial charge in [-0.1, -0.05) is 0 Å². The third-order valence-electron chi connectivity index (χ3n) is 1.07. The Bertz CT molecular complexity index is 276. The fraction of sp³-hybridized carbons (Fsp3) is 0. The molecule has 1 heterocycles. The molecular formula is C8H6NOW-. The summed E-state index contributed by atoms with van der Waals surface area (Å²) in [6, 6.07) is 0. The zero-order valence-electron chi connectivity index (χ0n) is 5.78. The first-order chi connectivity index (χ1) is 5.24. The molecule has 0 aliphatic carbocycles. The van der Waals surface area contributed by atoms with Gasteiger partial charge in [-0.3, -0.25) is 0 Å². The summed E-state index contributed by atoms with van der Waals surface area (Å²) in [6.45, 7) is 8.77. The van der Waals surface area contributed by atoms with Crippen LogP contribution >= 0.6 is 0 Å². The van der Waals surface area contributed by atoms with Crippen LogP contribution < -0.4 is 0 Å². The van der Waals surface area contributed by atoms with E-state index < -0.39 is 0 Å². The van der Waals surface area contributed by atoms with Crippen molar-refractivity contribution in [3.63, 3.8) is 0 Å². The van der Waals surface area contributed by atoms with E-state index in [1.807, 2.05) is 6.08 Å². The fourth-order valence-electron chi connectivity index (χ4n) is 0.621. The minimum atomic E-state index is 0.644. The third kappa shape index (κ3) is 2.09. The second-order valence-electron chi connectivity index (χ2n) is 1.85. The van der Waals surface area contributed by atoms with E-state index in [-0.39, 0.29) is 0 Å². The summed E-state index contributed by atoms with van der Waals surface area (Å²) < 4.78 is 6.02.